The minimum atomic E-state index is -3.30. The van der Waals surface area contributed by atoms with Crippen LogP contribution >= 0.6 is 11.6 Å². The number of methoxy groups -OCH3 is 1. The quantitative estimate of drug-likeness (QED) is 0.762. The Morgan fingerprint density at radius 3 is 2.44 bits per heavy atom. The molecule has 1 atom stereocenters. The summed E-state index contributed by atoms with van der Waals surface area (Å²) < 4.78 is 30.3. The van der Waals surface area contributed by atoms with Crippen LogP contribution in [0.15, 0.2) is 53.4 Å². The van der Waals surface area contributed by atoms with E-state index in [2.05, 4.69) is 17.0 Å². The highest BCUT2D eigenvalue weighted by Crippen LogP contribution is 2.32. The van der Waals surface area contributed by atoms with E-state index in [-0.39, 0.29) is 11.8 Å². The number of nitrogens with zero attached hydrogens (tertiary/aromatic N) is 1. The van der Waals surface area contributed by atoms with E-state index < -0.39 is 9.84 Å². The predicted molar refractivity (Wildman–Crippen MR) is 100 cm³/mol. The summed E-state index contributed by atoms with van der Waals surface area (Å²) in [6.07, 6.45) is 2.13. The van der Waals surface area contributed by atoms with Crippen molar-refractivity contribution in [1.29, 1.82) is 0 Å². The Morgan fingerprint density at radius 2 is 1.80 bits per heavy atom. The van der Waals surface area contributed by atoms with Gasteiger partial charge in [-0.15, -0.1) is 0 Å². The Labute approximate surface area is 154 Å². The molecule has 1 fully saturated rings. The summed E-state index contributed by atoms with van der Waals surface area (Å²) in [4.78, 5) is 2.59. The first-order valence-electron chi connectivity index (χ1n) is 8.36. The Morgan fingerprint density at radius 1 is 1.12 bits per heavy atom. The normalized spacial score (nSPS) is 18.4. The molecule has 0 spiro atoms. The van der Waals surface area contributed by atoms with Crippen molar-refractivity contribution < 1.29 is 13.2 Å². The second-order valence-corrected chi connectivity index (χ2v) is 8.79. The van der Waals surface area contributed by atoms with Crippen LogP contribution in [0, 0.1) is 0 Å². The maximum absolute atomic E-state index is 12.5. The third-order valence-corrected chi connectivity index (χ3v) is 6.65. The monoisotopic (exact) mass is 379 g/mol. The van der Waals surface area contributed by atoms with Crippen molar-refractivity contribution in [2.45, 2.75) is 23.8 Å². The van der Waals surface area contributed by atoms with Crippen LogP contribution in [0.5, 0.6) is 5.75 Å². The van der Waals surface area contributed by atoms with Crippen molar-refractivity contribution in [1.82, 2.24) is 4.90 Å². The van der Waals surface area contributed by atoms with Gasteiger partial charge in [-0.2, -0.15) is 0 Å². The summed E-state index contributed by atoms with van der Waals surface area (Å²) in [7, 11) is -1.65. The van der Waals surface area contributed by atoms with E-state index in [9.17, 15) is 8.42 Å². The van der Waals surface area contributed by atoms with E-state index in [1.807, 2.05) is 12.1 Å². The lowest BCUT2D eigenvalue weighted by Crippen LogP contribution is -2.29. The van der Waals surface area contributed by atoms with E-state index in [0.29, 0.717) is 16.5 Å². The molecule has 0 N–H and O–H groups in total. The number of sulfone groups is 1. The fourth-order valence-corrected chi connectivity index (χ4v) is 4.68. The van der Waals surface area contributed by atoms with Gasteiger partial charge in [0.05, 0.1) is 17.8 Å². The van der Waals surface area contributed by atoms with Crippen LogP contribution in [-0.2, 0) is 9.84 Å². The first-order chi connectivity index (χ1) is 12.0. The standard InChI is InChI=1S/C19H22ClNO3S/c1-24-17-8-4-15(5-9-17)19-3-2-12-21(19)13-14-25(22,23)18-10-6-16(20)7-11-18/h4-11,19H,2-3,12-14H2,1H3. The number of likely N-dealkylation sites (tertiary alicyclic amines) is 1. The van der Waals surface area contributed by atoms with Crippen molar-refractivity contribution in [2.24, 2.45) is 0 Å². The van der Waals surface area contributed by atoms with Crippen molar-refractivity contribution in [2.75, 3.05) is 26.0 Å². The molecule has 4 nitrogen and oxygen atoms in total. The molecule has 1 unspecified atom stereocenters. The zero-order chi connectivity index (χ0) is 17.9. The lowest BCUT2D eigenvalue weighted by molar-refractivity contribution is 0.272. The summed E-state index contributed by atoms with van der Waals surface area (Å²) in [5.74, 6) is 0.944. The zero-order valence-corrected chi connectivity index (χ0v) is 15.8. The molecular weight excluding hydrogens is 358 g/mol. The molecule has 1 saturated heterocycles. The van der Waals surface area contributed by atoms with Crippen molar-refractivity contribution in [3.63, 3.8) is 0 Å². The van der Waals surface area contributed by atoms with E-state index in [4.69, 9.17) is 16.3 Å². The van der Waals surface area contributed by atoms with Gasteiger partial charge in [0.25, 0.3) is 0 Å². The Hall–Kier alpha value is -1.56. The molecule has 0 aromatic heterocycles. The van der Waals surface area contributed by atoms with E-state index >= 15 is 0 Å². The highest BCUT2D eigenvalue weighted by atomic mass is 35.5. The number of benzene rings is 2. The molecule has 1 heterocycles. The van der Waals surface area contributed by atoms with E-state index in [1.165, 1.54) is 5.56 Å². The lowest BCUT2D eigenvalue weighted by atomic mass is 10.0. The highest BCUT2D eigenvalue weighted by molar-refractivity contribution is 7.91. The van der Waals surface area contributed by atoms with Gasteiger partial charge in [0.15, 0.2) is 9.84 Å². The average molecular weight is 380 g/mol. The van der Waals surface area contributed by atoms with Crippen LogP contribution in [-0.4, -0.2) is 39.3 Å². The van der Waals surface area contributed by atoms with Crippen LogP contribution in [0.2, 0.25) is 5.02 Å². The molecule has 2 aromatic rings. The van der Waals surface area contributed by atoms with Gasteiger partial charge < -0.3 is 4.74 Å². The number of hydrogen-bond donors (Lipinski definition) is 0. The average Bonchev–Trinajstić information content (AvgIpc) is 3.09. The summed E-state index contributed by atoms with van der Waals surface area (Å²) in [6, 6.07) is 14.7. The van der Waals surface area contributed by atoms with E-state index in [0.717, 1.165) is 25.1 Å². The van der Waals surface area contributed by atoms with Gasteiger partial charge in [-0.25, -0.2) is 8.42 Å². The van der Waals surface area contributed by atoms with E-state index in [1.54, 1.807) is 31.4 Å². The van der Waals surface area contributed by atoms with Crippen molar-refractivity contribution in [3.05, 3.63) is 59.1 Å². The minimum absolute atomic E-state index is 0.112. The van der Waals surface area contributed by atoms with Crippen LogP contribution in [0.25, 0.3) is 0 Å². The second kappa shape index (κ2) is 7.77. The van der Waals surface area contributed by atoms with Gasteiger partial charge in [0.2, 0.25) is 0 Å². The maximum Gasteiger partial charge on any atom is 0.179 e. The number of rotatable bonds is 6. The van der Waals surface area contributed by atoms with Gasteiger partial charge in [-0.1, -0.05) is 23.7 Å². The third kappa shape index (κ3) is 4.35. The molecule has 134 valence electrons. The summed E-state index contributed by atoms with van der Waals surface area (Å²) >= 11 is 5.84. The summed E-state index contributed by atoms with van der Waals surface area (Å²) in [6.45, 7) is 1.45. The molecule has 1 aliphatic heterocycles. The van der Waals surface area contributed by atoms with Gasteiger partial charge in [-0.3, -0.25) is 4.90 Å². The van der Waals surface area contributed by atoms with Crippen molar-refractivity contribution >= 4 is 21.4 Å². The second-order valence-electron chi connectivity index (χ2n) is 6.24. The van der Waals surface area contributed by atoms with Crippen molar-refractivity contribution in [3.8, 4) is 5.75 Å². The Balaban J connectivity index is 1.67. The van der Waals surface area contributed by atoms with Gasteiger partial charge >= 0.3 is 0 Å². The largest absolute Gasteiger partial charge is 0.497 e. The molecule has 3 rings (SSSR count). The van der Waals surface area contributed by atoms with Crippen LogP contribution in [0.4, 0.5) is 0 Å². The zero-order valence-electron chi connectivity index (χ0n) is 14.2. The molecule has 0 aliphatic carbocycles. The fourth-order valence-electron chi connectivity index (χ4n) is 3.29. The van der Waals surface area contributed by atoms with Gasteiger partial charge in [0.1, 0.15) is 5.75 Å². The summed E-state index contributed by atoms with van der Waals surface area (Å²) in [5.41, 5.74) is 1.21. The predicted octanol–water partition coefficient (Wildman–Crippen LogP) is 3.96. The van der Waals surface area contributed by atoms with Crippen LogP contribution in [0.3, 0.4) is 0 Å². The lowest BCUT2D eigenvalue weighted by Gasteiger charge is -2.24. The molecule has 0 amide bonds. The van der Waals surface area contributed by atoms with Crippen LogP contribution < -0.4 is 4.74 Å². The Kier molecular flexibility index (Phi) is 5.67. The fraction of sp³-hybridized carbons (Fsp3) is 0.368. The molecule has 0 saturated carbocycles. The molecular formula is C19H22ClNO3S. The molecule has 0 radical (unpaired) electrons. The SMILES string of the molecule is COc1ccc(C2CCCN2CCS(=O)(=O)c2ccc(Cl)cc2)cc1. The first-order valence-corrected chi connectivity index (χ1v) is 10.4. The third-order valence-electron chi connectivity index (χ3n) is 4.68. The number of hydrogen-bond acceptors (Lipinski definition) is 4. The number of ether oxygens (including phenoxy) is 1. The maximum atomic E-state index is 12.5. The molecule has 25 heavy (non-hydrogen) atoms. The topological polar surface area (TPSA) is 46.6 Å². The van der Waals surface area contributed by atoms with Gasteiger partial charge in [-0.05, 0) is 61.3 Å². The molecule has 1 aliphatic rings. The Bertz CT molecular complexity index is 804. The number of halogens is 1. The summed E-state index contributed by atoms with van der Waals surface area (Å²) in [5, 5.41) is 0.540. The molecule has 6 heteroatoms. The van der Waals surface area contributed by atoms with Crippen LogP contribution in [0.1, 0.15) is 24.4 Å². The molecule has 2 aromatic carbocycles. The highest BCUT2D eigenvalue weighted by Gasteiger charge is 2.27. The van der Waals surface area contributed by atoms with Gasteiger partial charge in [0, 0.05) is 17.6 Å². The molecule has 0 bridgehead atoms. The first kappa shape index (κ1) is 18.2. The minimum Gasteiger partial charge on any atom is -0.497 e. The smallest absolute Gasteiger partial charge is 0.179 e.